The van der Waals surface area contributed by atoms with E-state index in [1.54, 1.807) is 0 Å². The molecule has 126 valence electrons. The molecular formula is C19H22N2O2S. The van der Waals surface area contributed by atoms with Crippen molar-refractivity contribution >= 4 is 22.4 Å². The van der Waals surface area contributed by atoms with E-state index in [1.165, 1.54) is 37.3 Å². The van der Waals surface area contributed by atoms with Gasteiger partial charge >= 0.3 is 6.09 Å². The molecule has 3 fully saturated rings. The van der Waals surface area contributed by atoms with Crippen molar-refractivity contribution in [3.8, 4) is 11.1 Å². The van der Waals surface area contributed by atoms with Crippen molar-refractivity contribution < 1.29 is 9.53 Å². The van der Waals surface area contributed by atoms with Crippen LogP contribution in [0.3, 0.4) is 0 Å². The number of piperidine rings is 3. The van der Waals surface area contributed by atoms with Crippen LogP contribution < -0.4 is 5.32 Å². The molecule has 1 atom stereocenters. The Morgan fingerprint density at radius 2 is 2.00 bits per heavy atom. The summed E-state index contributed by atoms with van der Waals surface area (Å²) >= 11 is 1.53. The first-order valence-corrected chi connectivity index (χ1v) is 9.46. The van der Waals surface area contributed by atoms with Crippen molar-refractivity contribution in [2.45, 2.75) is 12.8 Å². The lowest BCUT2D eigenvalue weighted by molar-refractivity contribution is 0.0151. The summed E-state index contributed by atoms with van der Waals surface area (Å²) in [5.41, 5.74) is 2.15. The SMILES string of the molecule is O=C(Nc1sccc1-c1ccccc1)OCC1CN2CCC1CC2. The summed E-state index contributed by atoms with van der Waals surface area (Å²) in [4.78, 5) is 14.7. The van der Waals surface area contributed by atoms with Gasteiger partial charge in [0.25, 0.3) is 0 Å². The zero-order valence-electron chi connectivity index (χ0n) is 13.6. The van der Waals surface area contributed by atoms with Crippen LogP contribution in [0.2, 0.25) is 0 Å². The number of nitrogens with zero attached hydrogens (tertiary/aromatic N) is 1. The average molecular weight is 342 g/mol. The van der Waals surface area contributed by atoms with Crippen molar-refractivity contribution in [1.29, 1.82) is 0 Å². The van der Waals surface area contributed by atoms with Crippen LogP contribution in [0.25, 0.3) is 11.1 Å². The minimum Gasteiger partial charge on any atom is -0.449 e. The fourth-order valence-electron chi connectivity index (χ4n) is 3.84. The summed E-state index contributed by atoms with van der Waals surface area (Å²) in [5, 5.41) is 5.76. The molecule has 1 unspecified atom stereocenters. The number of hydrogen-bond acceptors (Lipinski definition) is 4. The third-order valence-electron chi connectivity index (χ3n) is 5.19. The summed E-state index contributed by atoms with van der Waals surface area (Å²) in [5.74, 6) is 1.22. The molecule has 5 rings (SSSR count). The monoisotopic (exact) mass is 342 g/mol. The number of amides is 1. The summed E-state index contributed by atoms with van der Waals surface area (Å²) < 4.78 is 5.53. The van der Waals surface area contributed by atoms with E-state index in [0.29, 0.717) is 12.5 Å². The van der Waals surface area contributed by atoms with Gasteiger partial charge in [0.05, 0.1) is 6.61 Å². The molecule has 1 amide bonds. The minimum atomic E-state index is -0.342. The van der Waals surface area contributed by atoms with Gasteiger partial charge < -0.3 is 9.64 Å². The first kappa shape index (κ1) is 15.7. The van der Waals surface area contributed by atoms with Crippen LogP contribution in [-0.4, -0.2) is 37.2 Å². The fraction of sp³-hybridized carbons (Fsp3) is 0.421. The summed E-state index contributed by atoms with van der Waals surface area (Å²) in [7, 11) is 0. The third kappa shape index (κ3) is 3.32. The second-order valence-corrected chi connectivity index (χ2v) is 7.57. The van der Waals surface area contributed by atoms with Crippen molar-refractivity contribution in [3.63, 3.8) is 0 Å². The Hall–Kier alpha value is -1.85. The number of anilines is 1. The van der Waals surface area contributed by atoms with Crippen LogP contribution in [0, 0.1) is 11.8 Å². The number of nitrogens with one attached hydrogen (secondary N) is 1. The average Bonchev–Trinajstić information content (AvgIpc) is 3.10. The van der Waals surface area contributed by atoms with Crippen LogP contribution in [-0.2, 0) is 4.74 Å². The molecule has 1 aromatic carbocycles. The Kier molecular flexibility index (Phi) is 4.54. The van der Waals surface area contributed by atoms with Crippen LogP contribution in [0.1, 0.15) is 12.8 Å². The van der Waals surface area contributed by atoms with Crippen molar-refractivity contribution in [2.24, 2.45) is 11.8 Å². The lowest BCUT2D eigenvalue weighted by atomic mass is 9.79. The van der Waals surface area contributed by atoms with Gasteiger partial charge in [0.1, 0.15) is 5.00 Å². The Morgan fingerprint density at radius 3 is 2.71 bits per heavy atom. The zero-order valence-corrected chi connectivity index (χ0v) is 14.4. The molecule has 5 heteroatoms. The molecule has 0 spiro atoms. The van der Waals surface area contributed by atoms with E-state index < -0.39 is 0 Å². The Morgan fingerprint density at radius 1 is 1.21 bits per heavy atom. The third-order valence-corrected chi connectivity index (χ3v) is 6.02. The largest absolute Gasteiger partial charge is 0.449 e. The molecule has 0 saturated carbocycles. The highest BCUT2D eigenvalue weighted by Gasteiger charge is 2.34. The van der Waals surface area contributed by atoms with Crippen LogP contribution in [0.4, 0.5) is 9.80 Å². The highest BCUT2D eigenvalue weighted by Crippen LogP contribution is 2.34. The number of carbonyl (C=O) groups is 1. The van der Waals surface area contributed by atoms with Crippen molar-refractivity contribution in [1.82, 2.24) is 4.90 Å². The number of benzene rings is 1. The van der Waals surface area contributed by atoms with Crippen molar-refractivity contribution in [2.75, 3.05) is 31.6 Å². The molecule has 3 aliphatic heterocycles. The standard InChI is InChI=1S/C19H22N2O2S/c22-19(23-13-16-12-21-9-6-14(16)7-10-21)20-18-17(8-11-24-18)15-4-2-1-3-5-15/h1-5,8,11,14,16H,6-7,9-10,12-13H2,(H,20,22). The van der Waals surface area contributed by atoms with Crippen LogP contribution in [0.5, 0.6) is 0 Å². The molecule has 4 nitrogen and oxygen atoms in total. The van der Waals surface area contributed by atoms with E-state index in [4.69, 9.17) is 4.74 Å². The lowest BCUT2D eigenvalue weighted by Crippen LogP contribution is -2.49. The highest BCUT2D eigenvalue weighted by molar-refractivity contribution is 7.15. The number of carbonyl (C=O) groups excluding carboxylic acids is 1. The molecule has 3 aliphatic rings. The highest BCUT2D eigenvalue weighted by atomic mass is 32.1. The molecule has 3 saturated heterocycles. The Labute approximate surface area is 146 Å². The van der Waals surface area contributed by atoms with Gasteiger partial charge in [-0.1, -0.05) is 30.3 Å². The van der Waals surface area contributed by atoms with Gasteiger partial charge in [-0.2, -0.15) is 0 Å². The predicted molar refractivity (Wildman–Crippen MR) is 97.4 cm³/mol. The molecule has 2 bridgehead atoms. The maximum absolute atomic E-state index is 12.2. The number of hydrogen-bond donors (Lipinski definition) is 1. The molecule has 1 aromatic heterocycles. The summed E-state index contributed by atoms with van der Waals surface area (Å²) in [6.45, 7) is 4.03. The molecule has 4 heterocycles. The van der Waals surface area contributed by atoms with Crippen molar-refractivity contribution in [3.05, 3.63) is 41.8 Å². The fourth-order valence-corrected chi connectivity index (χ4v) is 4.63. The second kappa shape index (κ2) is 6.95. The molecule has 2 aromatic rings. The lowest BCUT2D eigenvalue weighted by Gasteiger charge is -2.44. The first-order valence-electron chi connectivity index (χ1n) is 8.58. The van der Waals surface area contributed by atoms with Crippen LogP contribution in [0.15, 0.2) is 41.8 Å². The quantitative estimate of drug-likeness (QED) is 0.900. The van der Waals surface area contributed by atoms with Gasteiger partial charge in [-0.15, -0.1) is 11.3 Å². The van der Waals surface area contributed by atoms with E-state index in [0.717, 1.165) is 28.6 Å². The molecule has 0 aliphatic carbocycles. The van der Waals surface area contributed by atoms with Gasteiger partial charge in [0, 0.05) is 18.0 Å². The normalized spacial score (nSPS) is 25.4. The summed E-state index contributed by atoms with van der Waals surface area (Å²) in [6, 6.07) is 12.1. The predicted octanol–water partition coefficient (Wildman–Crippen LogP) is 4.31. The van der Waals surface area contributed by atoms with E-state index in [2.05, 4.69) is 10.2 Å². The van der Waals surface area contributed by atoms with Gasteiger partial charge in [0.2, 0.25) is 0 Å². The van der Waals surface area contributed by atoms with Gasteiger partial charge in [-0.25, -0.2) is 4.79 Å². The van der Waals surface area contributed by atoms with Gasteiger partial charge in [0.15, 0.2) is 0 Å². The first-order chi connectivity index (χ1) is 11.8. The van der Waals surface area contributed by atoms with Gasteiger partial charge in [-0.05, 0) is 48.9 Å². The second-order valence-electron chi connectivity index (χ2n) is 6.65. The topological polar surface area (TPSA) is 41.6 Å². The molecule has 1 N–H and O–H groups in total. The molecular weight excluding hydrogens is 320 g/mol. The molecule has 0 radical (unpaired) electrons. The maximum atomic E-state index is 12.2. The van der Waals surface area contributed by atoms with Gasteiger partial charge in [-0.3, -0.25) is 5.32 Å². The maximum Gasteiger partial charge on any atom is 0.412 e. The molecule has 24 heavy (non-hydrogen) atoms. The zero-order chi connectivity index (χ0) is 16.4. The van der Waals surface area contributed by atoms with E-state index in [9.17, 15) is 4.79 Å². The number of ether oxygens (including phenoxy) is 1. The van der Waals surface area contributed by atoms with E-state index >= 15 is 0 Å². The van der Waals surface area contributed by atoms with E-state index in [-0.39, 0.29) is 6.09 Å². The summed E-state index contributed by atoms with van der Waals surface area (Å²) in [6.07, 6.45) is 2.16. The number of fused-ring (bicyclic) bond motifs is 3. The Balaban J connectivity index is 1.35. The smallest absolute Gasteiger partial charge is 0.412 e. The number of rotatable bonds is 4. The van der Waals surface area contributed by atoms with E-state index in [1.807, 2.05) is 41.8 Å². The van der Waals surface area contributed by atoms with Crippen LogP contribution >= 0.6 is 11.3 Å². The Bertz CT molecular complexity index is 692. The minimum absolute atomic E-state index is 0.342. The number of thiophene rings is 1.